The van der Waals surface area contributed by atoms with E-state index in [1.807, 2.05) is 43.3 Å². The molecule has 31 heavy (non-hydrogen) atoms. The Balaban J connectivity index is 1.53. The van der Waals surface area contributed by atoms with Crippen LogP contribution in [0.2, 0.25) is 0 Å². The number of carbonyl (C=O) groups is 2. The summed E-state index contributed by atoms with van der Waals surface area (Å²) >= 11 is 0. The molecule has 2 aliphatic rings. The summed E-state index contributed by atoms with van der Waals surface area (Å²) in [5.41, 5.74) is 7.28. The van der Waals surface area contributed by atoms with Crippen molar-refractivity contribution >= 4 is 34.6 Å². The molecule has 6 heteroatoms. The normalized spacial score (nSPS) is 17.3. The molecule has 158 valence electrons. The predicted octanol–water partition coefficient (Wildman–Crippen LogP) is 5.07. The third kappa shape index (κ3) is 3.63. The molecule has 0 unspecified atom stereocenters. The van der Waals surface area contributed by atoms with E-state index in [1.165, 1.54) is 19.3 Å². The number of amides is 2. The lowest BCUT2D eigenvalue weighted by Gasteiger charge is -2.26. The summed E-state index contributed by atoms with van der Waals surface area (Å²) in [6.45, 7) is 2.01. The highest BCUT2D eigenvalue weighted by atomic mass is 16.2. The molecule has 3 N–H and O–H groups in total. The summed E-state index contributed by atoms with van der Waals surface area (Å²) in [5.74, 6) is 0.109. The van der Waals surface area contributed by atoms with E-state index in [4.69, 9.17) is 0 Å². The van der Waals surface area contributed by atoms with Gasteiger partial charge in [-0.05, 0) is 36.5 Å². The van der Waals surface area contributed by atoms with Gasteiger partial charge in [0.2, 0.25) is 5.91 Å². The first kappa shape index (κ1) is 19.5. The molecule has 2 heterocycles. The molecule has 0 saturated heterocycles. The quantitative estimate of drug-likeness (QED) is 0.557. The first-order valence-electron chi connectivity index (χ1n) is 11.0. The zero-order valence-electron chi connectivity index (χ0n) is 17.6. The second-order valence-corrected chi connectivity index (χ2v) is 8.60. The largest absolute Gasteiger partial charge is 0.354 e. The minimum atomic E-state index is -0.282. The van der Waals surface area contributed by atoms with Crippen molar-refractivity contribution in [2.75, 3.05) is 5.32 Å². The molecule has 2 aromatic carbocycles. The molecule has 1 aromatic heterocycles. The van der Waals surface area contributed by atoms with Gasteiger partial charge in [0.15, 0.2) is 0 Å². The maximum atomic E-state index is 13.0. The van der Waals surface area contributed by atoms with Gasteiger partial charge >= 0.3 is 0 Å². The number of hydrogen-bond acceptors (Lipinski definition) is 3. The lowest BCUT2D eigenvalue weighted by molar-refractivity contribution is -0.121. The van der Waals surface area contributed by atoms with Crippen molar-refractivity contribution in [2.24, 2.45) is 16.9 Å². The van der Waals surface area contributed by atoms with Crippen molar-refractivity contribution in [3.8, 4) is 11.3 Å². The average Bonchev–Trinajstić information content (AvgIpc) is 3.08. The van der Waals surface area contributed by atoms with Crippen molar-refractivity contribution in [3.63, 3.8) is 0 Å². The number of nitrogens with zero attached hydrogens (tertiary/aromatic N) is 1. The molecular weight excluding hydrogens is 388 g/mol. The number of H-pyrrole nitrogens is 1. The lowest BCUT2D eigenvalue weighted by Crippen LogP contribution is -2.28. The molecular formula is C25H26N4O2. The Kier molecular flexibility index (Phi) is 5.06. The van der Waals surface area contributed by atoms with Crippen LogP contribution in [0.5, 0.6) is 0 Å². The molecule has 0 bridgehead atoms. The van der Waals surface area contributed by atoms with Crippen LogP contribution in [0, 0.1) is 11.8 Å². The van der Waals surface area contributed by atoms with E-state index in [0.29, 0.717) is 17.2 Å². The SMILES string of the molecule is C[C@H](C(=O)Nc1cc2c3c(c(-c4ccccc4)[nH]c3c1)C=NNC2=O)C1CCCCC1. The number of aromatic nitrogens is 1. The smallest absolute Gasteiger partial charge is 0.272 e. The van der Waals surface area contributed by atoms with Crippen LogP contribution in [-0.2, 0) is 4.79 Å². The highest BCUT2D eigenvalue weighted by Gasteiger charge is 2.27. The Morgan fingerprint density at radius 1 is 1.13 bits per heavy atom. The van der Waals surface area contributed by atoms with Crippen LogP contribution >= 0.6 is 0 Å². The van der Waals surface area contributed by atoms with Gasteiger partial charge in [0.1, 0.15) is 0 Å². The molecule has 2 amide bonds. The van der Waals surface area contributed by atoms with E-state index >= 15 is 0 Å². The summed E-state index contributed by atoms with van der Waals surface area (Å²) in [6, 6.07) is 13.6. The number of hydrazone groups is 1. The van der Waals surface area contributed by atoms with Crippen LogP contribution < -0.4 is 10.7 Å². The van der Waals surface area contributed by atoms with E-state index in [1.54, 1.807) is 12.3 Å². The van der Waals surface area contributed by atoms with Crippen LogP contribution in [-0.4, -0.2) is 23.0 Å². The molecule has 1 fully saturated rings. The third-order valence-electron chi connectivity index (χ3n) is 6.64. The van der Waals surface area contributed by atoms with Crippen LogP contribution in [0.3, 0.4) is 0 Å². The summed E-state index contributed by atoms with van der Waals surface area (Å²) in [4.78, 5) is 29.1. The summed E-state index contributed by atoms with van der Waals surface area (Å²) in [7, 11) is 0. The molecule has 1 atom stereocenters. The van der Waals surface area contributed by atoms with E-state index in [-0.39, 0.29) is 17.7 Å². The number of nitrogens with one attached hydrogen (secondary N) is 3. The van der Waals surface area contributed by atoms with Crippen molar-refractivity contribution in [1.82, 2.24) is 10.4 Å². The van der Waals surface area contributed by atoms with Crippen molar-refractivity contribution in [1.29, 1.82) is 0 Å². The Morgan fingerprint density at radius 3 is 2.68 bits per heavy atom. The highest BCUT2D eigenvalue weighted by molar-refractivity contribution is 6.18. The van der Waals surface area contributed by atoms with Gasteiger partial charge in [0, 0.05) is 28.1 Å². The fraction of sp³-hybridized carbons (Fsp3) is 0.320. The maximum Gasteiger partial charge on any atom is 0.272 e. The van der Waals surface area contributed by atoms with Crippen LogP contribution in [0.25, 0.3) is 22.2 Å². The molecule has 1 aliphatic heterocycles. The number of rotatable bonds is 4. The summed E-state index contributed by atoms with van der Waals surface area (Å²) in [5, 5.41) is 7.97. The average molecular weight is 415 g/mol. The van der Waals surface area contributed by atoms with E-state index < -0.39 is 0 Å². The number of hydrogen-bond donors (Lipinski definition) is 3. The first-order valence-corrected chi connectivity index (χ1v) is 11.0. The number of benzene rings is 2. The minimum Gasteiger partial charge on any atom is -0.354 e. The first-order chi connectivity index (χ1) is 15.1. The Hall–Kier alpha value is -3.41. The molecule has 6 nitrogen and oxygen atoms in total. The second kappa shape index (κ2) is 8.02. The monoisotopic (exact) mass is 414 g/mol. The molecule has 0 radical (unpaired) electrons. The van der Waals surface area contributed by atoms with E-state index in [2.05, 4.69) is 20.8 Å². The fourth-order valence-electron chi connectivity index (χ4n) is 4.89. The van der Waals surface area contributed by atoms with Crippen LogP contribution in [0.4, 0.5) is 5.69 Å². The topological polar surface area (TPSA) is 86.3 Å². The van der Waals surface area contributed by atoms with Gasteiger partial charge in [-0.15, -0.1) is 0 Å². The zero-order chi connectivity index (χ0) is 21.4. The van der Waals surface area contributed by atoms with Gasteiger partial charge in [0.25, 0.3) is 5.91 Å². The third-order valence-corrected chi connectivity index (χ3v) is 6.64. The van der Waals surface area contributed by atoms with Crippen LogP contribution in [0.15, 0.2) is 47.6 Å². The molecule has 5 rings (SSSR count). The Labute approximate surface area is 181 Å². The molecule has 1 saturated carbocycles. The maximum absolute atomic E-state index is 13.0. The fourth-order valence-corrected chi connectivity index (χ4v) is 4.89. The summed E-state index contributed by atoms with van der Waals surface area (Å²) < 4.78 is 0. The van der Waals surface area contributed by atoms with Crippen molar-refractivity contribution in [2.45, 2.75) is 39.0 Å². The Bertz CT molecular complexity index is 1170. The number of anilines is 1. The standard InChI is InChI=1S/C25H26N4O2/c1-15(16-8-4-2-5-9-16)24(30)27-18-12-19-22-20(14-26-29-25(19)31)23(28-21(22)13-18)17-10-6-3-7-11-17/h3,6-7,10-16,28H,2,4-5,8-9H2,1H3,(H,27,30)(H,29,31)/t15-/m0/s1. The van der Waals surface area contributed by atoms with Crippen molar-refractivity contribution in [3.05, 3.63) is 53.6 Å². The van der Waals surface area contributed by atoms with E-state index in [9.17, 15) is 9.59 Å². The van der Waals surface area contributed by atoms with Gasteiger partial charge in [0.05, 0.1) is 17.5 Å². The van der Waals surface area contributed by atoms with Crippen LogP contribution in [0.1, 0.15) is 54.9 Å². The van der Waals surface area contributed by atoms with Crippen molar-refractivity contribution < 1.29 is 9.59 Å². The zero-order valence-corrected chi connectivity index (χ0v) is 17.6. The van der Waals surface area contributed by atoms with Gasteiger partial charge in [-0.3, -0.25) is 9.59 Å². The van der Waals surface area contributed by atoms with Gasteiger partial charge in [-0.25, -0.2) is 5.43 Å². The lowest BCUT2D eigenvalue weighted by atomic mass is 9.80. The second-order valence-electron chi connectivity index (χ2n) is 8.60. The molecule has 3 aromatic rings. The summed E-state index contributed by atoms with van der Waals surface area (Å²) in [6.07, 6.45) is 7.57. The Morgan fingerprint density at radius 2 is 1.90 bits per heavy atom. The number of carbonyl (C=O) groups excluding carboxylic acids is 2. The van der Waals surface area contributed by atoms with E-state index in [0.717, 1.165) is 40.6 Å². The number of aromatic amines is 1. The van der Waals surface area contributed by atoms with Gasteiger partial charge in [-0.2, -0.15) is 5.10 Å². The highest BCUT2D eigenvalue weighted by Crippen LogP contribution is 2.35. The minimum absolute atomic E-state index is 0.0128. The predicted molar refractivity (Wildman–Crippen MR) is 123 cm³/mol. The van der Waals surface area contributed by atoms with Gasteiger partial charge in [-0.1, -0.05) is 56.5 Å². The van der Waals surface area contributed by atoms with Gasteiger partial charge < -0.3 is 10.3 Å². The molecule has 1 aliphatic carbocycles. The molecule has 0 spiro atoms.